The zero-order valence-corrected chi connectivity index (χ0v) is 7.88. The monoisotopic (exact) mass is 177 g/mol. The molecule has 0 aromatic carbocycles. The molecule has 0 radical (unpaired) electrons. The number of ether oxygens (including phenoxy) is 1. The highest BCUT2D eigenvalue weighted by Gasteiger charge is 2.36. The van der Waals surface area contributed by atoms with Crippen LogP contribution in [-0.4, -0.2) is 5.60 Å². The van der Waals surface area contributed by atoms with Gasteiger partial charge in [-0.2, -0.15) is 5.26 Å². The van der Waals surface area contributed by atoms with Crippen molar-refractivity contribution < 1.29 is 4.74 Å². The van der Waals surface area contributed by atoms with Gasteiger partial charge in [0.2, 0.25) is 0 Å². The third-order valence-electron chi connectivity index (χ3n) is 3.12. The number of rotatable bonds is 0. The molecule has 0 amide bonds. The Balaban J connectivity index is 2.03. The van der Waals surface area contributed by atoms with Crippen LogP contribution in [0.2, 0.25) is 0 Å². The third-order valence-corrected chi connectivity index (χ3v) is 3.12. The Morgan fingerprint density at radius 2 is 1.92 bits per heavy atom. The lowest BCUT2D eigenvalue weighted by Crippen LogP contribution is -2.26. The van der Waals surface area contributed by atoms with Gasteiger partial charge in [0.1, 0.15) is 5.60 Å². The van der Waals surface area contributed by atoms with Crippen molar-refractivity contribution in [2.45, 2.75) is 50.5 Å². The summed E-state index contributed by atoms with van der Waals surface area (Å²) in [5.74, 6) is 0. The molecule has 2 aliphatic rings. The predicted molar refractivity (Wildman–Crippen MR) is 49.8 cm³/mol. The molecule has 2 rings (SSSR count). The number of nitrogens with zero attached hydrogens (tertiary/aromatic N) is 1. The van der Waals surface area contributed by atoms with Crippen molar-refractivity contribution in [3.05, 3.63) is 11.8 Å². The standard InChI is InChI=1S/C11H15NO/c12-8-10-7-11(13-9-10)5-3-1-2-4-6-11/h9H,1-7H2. The summed E-state index contributed by atoms with van der Waals surface area (Å²) in [5, 5.41) is 8.75. The molecule has 1 aliphatic heterocycles. The Morgan fingerprint density at radius 3 is 2.46 bits per heavy atom. The summed E-state index contributed by atoms with van der Waals surface area (Å²) in [5.41, 5.74) is 0.837. The fourth-order valence-corrected chi connectivity index (χ4v) is 2.36. The number of nitriles is 1. The maximum absolute atomic E-state index is 8.75. The molecule has 1 heterocycles. The van der Waals surface area contributed by atoms with Gasteiger partial charge in [-0.15, -0.1) is 0 Å². The Labute approximate surface area is 79.2 Å². The van der Waals surface area contributed by atoms with E-state index in [9.17, 15) is 0 Å². The van der Waals surface area contributed by atoms with Crippen LogP contribution in [0.1, 0.15) is 44.9 Å². The van der Waals surface area contributed by atoms with E-state index in [1.807, 2.05) is 0 Å². The number of hydrogen-bond donors (Lipinski definition) is 0. The molecule has 0 saturated heterocycles. The van der Waals surface area contributed by atoms with Crippen LogP contribution in [0.15, 0.2) is 11.8 Å². The molecule has 70 valence electrons. The van der Waals surface area contributed by atoms with Crippen molar-refractivity contribution in [1.82, 2.24) is 0 Å². The van der Waals surface area contributed by atoms with E-state index in [1.165, 1.54) is 25.7 Å². The molecular formula is C11H15NO. The minimum absolute atomic E-state index is 0.0154. The molecule has 0 aromatic rings. The minimum atomic E-state index is 0.0154. The van der Waals surface area contributed by atoms with E-state index in [4.69, 9.17) is 10.00 Å². The summed E-state index contributed by atoms with van der Waals surface area (Å²) in [6.45, 7) is 0. The van der Waals surface area contributed by atoms with E-state index in [1.54, 1.807) is 6.26 Å². The lowest BCUT2D eigenvalue weighted by Gasteiger charge is -2.26. The van der Waals surface area contributed by atoms with Crippen LogP contribution in [-0.2, 0) is 4.74 Å². The van der Waals surface area contributed by atoms with E-state index >= 15 is 0 Å². The second-order valence-electron chi connectivity index (χ2n) is 4.15. The summed E-state index contributed by atoms with van der Waals surface area (Å²) in [7, 11) is 0. The Bertz CT molecular complexity index is 254. The predicted octanol–water partition coefficient (Wildman–Crippen LogP) is 2.91. The first-order valence-corrected chi connectivity index (χ1v) is 5.12. The topological polar surface area (TPSA) is 33.0 Å². The normalized spacial score (nSPS) is 25.9. The molecule has 0 N–H and O–H groups in total. The molecule has 1 spiro atoms. The summed E-state index contributed by atoms with van der Waals surface area (Å²) < 4.78 is 5.68. The molecule has 1 fully saturated rings. The zero-order chi connectivity index (χ0) is 9.15. The Morgan fingerprint density at radius 1 is 1.23 bits per heavy atom. The zero-order valence-electron chi connectivity index (χ0n) is 7.88. The molecule has 0 bridgehead atoms. The Hall–Kier alpha value is -0.970. The first-order valence-electron chi connectivity index (χ1n) is 5.12. The summed E-state index contributed by atoms with van der Waals surface area (Å²) in [6.07, 6.45) is 9.96. The van der Waals surface area contributed by atoms with Gasteiger partial charge in [0.05, 0.1) is 17.9 Å². The molecule has 2 nitrogen and oxygen atoms in total. The van der Waals surface area contributed by atoms with E-state index in [2.05, 4.69) is 6.07 Å². The fourth-order valence-electron chi connectivity index (χ4n) is 2.36. The quantitative estimate of drug-likeness (QED) is 0.570. The third kappa shape index (κ3) is 1.70. The second kappa shape index (κ2) is 3.41. The van der Waals surface area contributed by atoms with Crippen LogP contribution >= 0.6 is 0 Å². The molecule has 13 heavy (non-hydrogen) atoms. The lowest BCUT2D eigenvalue weighted by atomic mass is 9.89. The van der Waals surface area contributed by atoms with Gasteiger partial charge in [-0.3, -0.25) is 0 Å². The molecule has 0 atom stereocenters. The van der Waals surface area contributed by atoms with Gasteiger partial charge < -0.3 is 4.74 Å². The highest BCUT2D eigenvalue weighted by Crippen LogP contribution is 2.39. The van der Waals surface area contributed by atoms with E-state index in [-0.39, 0.29) is 5.60 Å². The fraction of sp³-hybridized carbons (Fsp3) is 0.727. The molecule has 0 aromatic heterocycles. The summed E-state index contributed by atoms with van der Waals surface area (Å²) in [4.78, 5) is 0. The summed E-state index contributed by atoms with van der Waals surface area (Å²) in [6, 6.07) is 2.19. The van der Waals surface area contributed by atoms with E-state index < -0.39 is 0 Å². The van der Waals surface area contributed by atoms with Crippen LogP contribution in [0.25, 0.3) is 0 Å². The van der Waals surface area contributed by atoms with Crippen LogP contribution in [0.4, 0.5) is 0 Å². The molecular weight excluding hydrogens is 162 g/mol. The van der Waals surface area contributed by atoms with Crippen molar-refractivity contribution in [1.29, 1.82) is 5.26 Å². The highest BCUT2D eigenvalue weighted by molar-refractivity contribution is 5.25. The van der Waals surface area contributed by atoms with Gasteiger partial charge in [-0.25, -0.2) is 0 Å². The highest BCUT2D eigenvalue weighted by atomic mass is 16.5. The van der Waals surface area contributed by atoms with Crippen LogP contribution in [0, 0.1) is 11.3 Å². The van der Waals surface area contributed by atoms with Gasteiger partial charge in [0.15, 0.2) is 0 Å². The van der Waals surface area contributed by atoms with Gasteiger partial charge in [-0.1, -0.05) is 12.8 Å². The van der Waals surface area contributed by atoms with Crippen molar-refractivity contribution in [2.24, 2.45) is 0 Å². The van der Waals surface area contributed by atoms with Gasteiger partial charge in [-0.05, 0) is 25.7 Å². The van der Waals surface area contributed by atoms with Crippen molar-refractivity contribution >= 4 is 0 Å². The number of hydrogen-bond acceptors (Lipinski definition) is 2. The van der Waals surface area contributed by atoms with Crippen molar-refractivity contribution in [3.63, 3.8) is 0 Å². The molecule has 1 aliphatic carbocycles. The summed E-state index contributed by atoms with van der Waals surface area (Å²) >= 11 is 0. The first-order chi connectivity index (χ1) is 6.35. The lowest BCUT2D eigenvalue weighted by molar-refractivity contribution is 0.0296. The maximum atomic E-state index is 8.75. The van der Waals surface area contributed by atoms with Crippen molar-refractivity contribution in [3.8, 4) is 6.07 Å². The maximum Gasteiger partial charge on any atom is 0.113 e. The van der Waals surface area contributed by atoms with Gasteiger partial charge in [0, 0.05) is 6.42 Å². The van der Waals surface area contributed by atoms with Crippen molar-refractivity contribution in [2.75, 3.05) is 0 Å². The average Bonchev–Trinajstić information content (AvgIpc) is 2.40. The van der Waals surface area contributed by atoms with Gasteiger partial charge in [0.25, 0.3) is 0 Å². The molecule has 2 heteroatoms. The van der Waals surface area contributed by atoms with Gasteiger partial charge >= 0.3 is 0 Å². The smallest absolute Gasteiger partial charge is 0.113 e. The van der Waals surface area contributed by atoms with Crippen LogP contribution in [0.3, 0.4) is 0 Å². The Kier molecular flexibility index (Phi) is 2.26. The minimum Gasteiger partial charge on any atom is -0.493 e. The SMILES string of the molecule is N#CC1=COC2(CCCCCC2)C1. The molecule has 1 saturated carbocycles. The molecule has 0 unspecified atom stereocenters. The average molecular weight is 177 g/mol. The van der Waals surface area contributed by atoms with Crippen LogP contribution in [0.5, 0.6) is 0 Å². The first kappa shape index (κ1) is 8.62. The van der Waals surface area contributed by atoms with E-state index in [0.717, 1.165) is 24.8 Å². The largest absolute Gasteiger partial charge is 0.493 e. The van der Waals surface area contributed by atoms with Crippen LogP contribution < -0.4 is 0 Å². The second-order valence-corrected chi connectivity index (χ2v) is 4.15. The van der Waals surface area contributed by atoms with E-state index in [0.29, 0.717) is 0 Å².